The van der Waals surface area contributed by atoms with Crippen LogP contribution in [0.3, 0.4) is 0 Å². The first-order valence-corrected chi connectivity index (χ1v) is 6.02. The Morgan fingerprint density at radius 3 is 2.53 bits per heavy atom. The van der Waals surface area contributed by atoms with Gasteiger partial charge in [-0.2, -0.15) is 0 Å². The van der Waals surface area contributed by atoms with Crippen LogP contribution in [-0.4, -0.2) is 11.0 Å². The standard InChI is InChI=1S/C12H12N2S/c1-2-4-10-8-11(7-9(10)3-1)14-12-13-5-6-15-12/h1-6,11H,7-8H2,(H,13,14). The van der Waals surface area contributed by atoms with Gasteiger partial charge in [0.25, 0.3) is 0 Å². The van der Waals surface area contributed by atoms with Crippen molar-refractivity contribution in [3.8, 4) is 0 Å². The van der Waals surface area contributed by atoms with Crippen LogP contribution in [0.4, 0.5) is 5.13 Å². The van der Waals surface area contributed by atoms with Gasteiger partial charge in [0.2, 0.25) is 0 Å². The highest BCUT2D eigenvalue weighted by Gasteiger charge is 2.20. The third-order valence-electron chi connectivity index (χ3n) is 2.81. The van der Waals surface area contributed by atoms with Gasteiger partial charge in [-0.05, 0) is 24.0 Å². The summed E-state index contributed by atoms with van der Waals surface area (Å²) in [6.07, 6.45) is 4.08. The lowest BCUT2D eigenvalue weighted by molar-refractivity contribution is 0.773. The monoisotopic (exact) mass is 216 g/mol. The minimum Gasteiger partial charge on any atom is -0.358 e. The summed E-state index contributed by atoms with van der Waals surface area (Å²) in [7, 11) is 0. The Labute approximate surface area is 93.0 Å². The fourth-order valence-corrected chi connectivity index (χ4v) is 2.74. The number of thiazole rings is 1. The second kappa shape index (κ2) is 3.66. The highest BCUT2D eigenvalue weighted by Crippen LogP contribution is 2.24. The number of rotatable bonds is 2. The van der Waals surface area contributed by atoms with E-state index in [0.717, 1.165) is 18.0 Å². The molecule has 2 aromatic rings. The van der Waals surface area contributed by atoms with Gasteiger partial charge >= 0.3 is 0 Å². The molecular weight excluding hydrogens is 204 g/mol. The second-order valence-corrected chi connectivity index (χ2v) is 4.75. The summed E-state index contributed by atoms with van der Waals surface area (Å²) in [6.45, 7) is 0. The Morgan fingerprint density at radius 2 is 1.93 bits per heavy atom. The molecule has 0 saturated carbocycles. The van der Waals surface area contributed by atoms with Crippen molar-refractivity contribution in [2.24, 2.45) is 0 Å². The quantitative estimate of drug-likeness (QED) is 0.835. The fourth-order valence-electron chi connectivity index (χ4n) is 2.13. The molecule has 1 aromatic heterocycles. The number of hydrogen-bond donors (Lipinski definition) is 1. The van der Waals surface area contributed by atoms with Crippen LogP contribution in [0.5, 0.6) is 0 Å². The van der Waals surface area contributed by atoms with E-state index in [0.29, 0.717) is 6.04 Å². The summed E-state index contributed by atoms with van der Waals surface area (Å²) in [5.74, 6) is 0. The molecule has 0 bridgehead atoms. The number of nitrogens with zero attached hydrogens (tertiary/aromatic N) is 1. The molecule has 1 aromatic carbocycles. The van der Waals surface area contributed by atoms with E-state index >= 15 is 0 Å². The largest absolute Gasteiger partial charge is 0.358 e. The summed E-state index contributed by atoms with van der Waals surface area (Å²) in [4.78, 5) is 4.25. The Hall–Kier alpha value is -1.35. The lowest BCUT2D eigenvalue weighted by atomic mass is 10.1. The molecule has 0 amide bonds. The van der Waals surface area contributed by atoms with Crippen LogP contribution < -0.4 is 5.32 Å². The second-order valence-electron chi connectivity index (χ2n) is 3.86. The van der Waals surface area contributed by atoms with E-state index in [4.69, 9.17) is 0 Å². The molecule has 3 heteroatoms. The summed E-state index contributed by atoms with van der Waals surface area (Å²) >= 11 is 1.67. The molecule has 3 rings (SSSR count). The number of hydrogen-bond acceptors (Lipinski definition) is 3. The van der Waals surface area contributed by atoms with Crippen molar-refractivity contribution < 1.29 is 0 Å². The Morgan fingerprint density at radius 1 is 1.20 bits per heavy atom. The number of benzene rings is 1. The maximum atomic E-state index is 4.25. The average molecular weight is 216 g/mol. The molecule has 0 spiro atoms. The van der Waals surface area contributed by atoms with Gasteiger partial charge in [-0.25, -0.2) is 4.98 Å². The SMILES string of the molecule is c1ccc2c(c1)CC(Nc1nccs1)C2. The molecule has 2 nitrogen and oxygen atoms in total. The predicted octanol–water partition coefficient (Wildman–Crippen LogP) is 2.72. The van der Waals surface area contributed by atoms with Gasteiger partial charge in [-0.3, -0.25) is 0 Å². The Bertz CT molecular complexity index is 423. The van der Waals surface area contributed by atoms with Crippen LogP contribution in [0.1, 0.15) is 11.1 Å². The number of aromatic nitrogens is 1. The zero-order chi connectivity index (χ0) is 10.1. The van der Waals surface area contributed by atoms with E-state index in [-0.39, 0.29) is 0 Å². The minimum absolute atomic E-state index is 0.522. The number of nitrogens with one attached hydrogen (secondary N) is 1. The summed E-state index contributed by atoms with van der Waals surface area (Å²) in [5, 5.41) is 6.51. The summed E-state index contributed by atoms with van der Waals surface area (Å²) < 4.78 is 0. The normalized spacial score (nSPS) is 15.2. The molecule has 76 valence electrons. The van der Waals surface area contributed by atoms with Gasteiger partial charge in [-0.15, -0.1) is 11.3 Å². The van der Waals surface area contributed by atoms with Crippen molar-refractivity contribution in [2.45, 2.75) is 18.9 Å². The van der Waals surface area contributed by atoms with Crippen molar-refractivity contribution in [2.75, 3.05) is 5.32 Å². The van der Waals surface area contributed by atoms with Crippen LogP contribution in [0.25, 0.3) is 0 Å². The van der Waals surface area contributed by atoms with Crippen LogP contribution in [0.15, 0.2) is 35.8 Å². The smallest absolute Gasteiger partial charge is 0.182 e. The zero-order valence-electron chi connectivity index (χ0n) is 8.31. The van der Waals surface area contributed by atoms with E-state index in [1.54, 1.807) is 11.3 Å². The van der Waals surface area contributed by atoms with Gasteiger partial charge in [0.05, 0.1) is 0 Å². The van der Waals surface area contributed by atoms with Crippen molar-refractivity contribution in [1.29, 1.82) is 0 Å². The maximum Gasteiger partial charge on any atom is 0.182 e. The van der Waals surface area contributed by atoms with E-state index in [2.05, 4.69) is 34.6 Å². The molecule has 15 heavy (non-hydrogen) atoms. The van der Waals surface area contributed by atoms with Crippen LogP contribution in [0, 0.1) is 0 Å². The third kappa shape index (κ3) is 1.75. The van der Waals surface area contributed by atoms with Crippen molar-refractivity contribution in [3.63, 3.8) is 0 Å². The maximum absolute atomic E-state index is 4.25. The van der Waals surface area contributed by atoms with Gasteiger partial charge in [-0.1, -0.05) is 24.3 Å². The number of fused-ring (bicyclic) bond motifs is 1. The third-order valence-corrected chi connectivity index (χ3v) is 3.52. The Kier molecular flexibility index (Phi) is 2.18. The van der Waals surface area contributed by atoms with Gasteiger partial charge in [0.1, 0.15) is 0 Å². The first kappa shape index (κ1) is 8.92. The fraction of sp³-hybridized carbons (Fsp3) is 0.250. The molecule has 0 atom stereocenters. The molecule has 0 aliphatic heterocycles. The first-order chi connectivity index (χ1) is 7.42. The predicted molar refractivity (Wildman–Crippen MR) is 63.4 cm³/mol. The molecule has 1 heterocycles. The lowest BCUT2D eigenvalue weighted by Crippen LogP contribution is -2.19. The molecule has 1 aliphatic rings. The van der Waals surface area contributed by atoms with E-state index < -0.39 is 0 Å². The van der Waals surface area contributed by atoms with Crippen molar-refractivity contribution in [3.05, 3.63) is 47.0 Å². The van der Waals surface area contributed by atoms with Crippen LogP contribution in [-0.2, 0) is 12.8 Å². The van der Waals surface area contributed by atoms with Gasteiger partial charge < -0.3 is 5.32 Å². The Balaban J connectivity index is 1.74. The first-order valence-electron chi connectivity index (χ1n) is 5.14. The van der Waals surface area contributed by atoms with E-state index in [1.165, 1.54) is 11.1 Å². The minimum atomic E-state index is 0.522. The van der Waals surface area contributed by atoms with E-state index in [1.807, 2.05) is 11.6 Å². The molecule has 1 aliphatic carbocycles. The summed E-state index contributed by atoms with van der Waals surface area (Å²) in [6, 6.07) is 9.20. The van der Waals surface area contributed by atoms with E-state index in [9.17, 15) is 0 Å². The van der Waals surface area contributed by atoms with Crippen LogP contribution >= 0.6 is 11.3 Å². The lowest BCUT2D eigenvalue weighted by Gasteiger charge is -2.09. The van der Waals surface area contributed by atoms with Crippen molar-refractivity contribution >= 4 is 16.5 Å². The molecule has 1 N–H and O–H groups in total. The molecular formula is C12H12N2S. The molecule has 0 saturated heterocycles. The van der Waals surface area contributed by atoms with Gasteiger partial charge in [0, 0.05) is 17.6 Å². The molecule has 0 unspecified atom stereocenters. The summed E-state index contributed by atoms with van der Waals surface area (Å²) in [5.41, 5.74) is 2.96. The number of anilines is 1. The topological polar surface area (TPSA) is 24.9 Å². The van der Waals surface area contributed by atoms with Gasteiger partial charge in [0.15, 0.2) is 5.13 Å². The van der Waals surface area contributed by atoms with Crippen LogP contribution in [0.2, 0.25) is 0 Å². The highest BCUT2D eigenvalue weighted by molar-refractivity contribution is 7.13. The molecule has 0 radical (unpaired) electrons. The molecule has 0 fully saturated rings. The highest BCUT2D eigenvalue weighted by atomic mass is 32.1. The van der Waals surface area contributed by atoms with Crippen molar-refractivity contribution in [1.82, 2.24) is 4.98 Å². The average Bonchev–Trinajstić information content (AvgIpc) is 2.86. The zero-order valence-corrected chi connectivity index (χ0v) is 9.13.